The summed E-state index contributed by atoms with van der Waals surface area (Å²) < 4.78 is 13.9. The maximum absolute atomic E-state index is 6.96. The van der Waals surface area contributed by atoms with Crippen molar-refractivity contribution in [2.24, 2.45) is 0 Å². The molecule has 0 saturated carbocycles. The Kier molecular flexibility index (Phi) is 0.542. The summed E-state index contributed by atoms with van der Waals surface area (Å²) in [7, 11) is -1.40. The molecule has 0 unspecified atom stereocenters. The Bertz CT molecular complexity index is 55.2. The van der Waals surface area contributed by atoms with Gasteiger partial charge in [-0.3, -0.25) is 0 Å². The van der Waals surface area contributed by atoms with E-state index in [0.717, 1.165) is 0 Å². The van der Waals surface area contributed by atoms with Gasteiger partial charge in [0.15, 0.2) is 0 Å². The van der Waals surface area contributed by atoms with Crippen molar-refractivity contribution in [3.8, 4) is 0 Å². The Labute approximate surface area is 38.0 Å². The van der Waals surface area contributed by atoms with Gasteiger partial charge in [-0.2, -0.15) is 0 Å². The largest absolute Gasteiger partial charge is 0.0697 e. The van der Waals surface area contributed by atoms with Gasteiger partial charge < -0.3 is 0 Å². The minimum atomic E-state index is -1.40. The highest BCUT2D eigenvalue weighted by Crippen LogP contribution is 1.94. The van der Waals surface area contributed by atoms with Crippen molar-refractivity contribution in [3.63, 3.8) is 0 Å². The van der Waals surface area contributed by atoms with Gasteiger partial charge in [0.2, 0.25) is 0 Å². The number of hydrogen-bond acceptors (Lipinski definition) is 0. The van der Waals surface area contributed by atoms with E-state index in [1.165, 1.54) is 0 Å². The highest BCUT2D eigenvalue weighted by atomic mass is 28.3. The van der Waals surface area contributed by atoms with Gasteiger partial charge in [-0.15, -0.1) is 0 Å². The minimum absolute atomic E-state index is 0.563. The zero-order valence-electron chi connectivity index (χ0n) is 6.08. The first-order chi connectivity index (χ1) is 2.94. The van der Waals surface area contributed by atoms with Gasteiger partial charge in [0, 0.05) is 10.8 Å². The quantitative estimate of drug-likeness (QED) is 0.399. The van der Waals surface area contributed by atoms with E-state index in [2.05, 4.69) is 0 Å². The SMILES string of the molecule is [2H]C([2H])[Si](C)(C)C. The lowest BCUT2D eigenvalue weighted by molar-refractivity contribution is 1.71. The third-order valence-corrected chi connectivity index (χ3v) is 0. The number of hydrogen-bond donors (Lipinski definition) is 0. The average molecular weight is 90.2 g/mol. The third kappa shape index (κ3) is 441. The van der Waals surface area contributed by atoms with Crippen LogP contribution in [-0.4, -0.2) is 8.07 Å². The lowest BCUT2D eigenvalue weighted by Crippen LogP contribution is -2.10. The minimum Gasteiger partial charge on any atom is -0.0697 e. The van der Waals surface area contributed by atoms with Crippen molar-refractivity contribution in [1.29, 1.82) is 0 Å². The molecule has 0 bridgehead atoms. The second-order valence-electron chi connectivity index (χ2n) is 2.37. The van der Waals surface area contributed by atoms with Crippen LogP contribution < -0.4 is 0 Å². The van der Waals surface area contributed by atoms with Crippen LogP contribution in [-0.2, 0) is 0 Å². The van der Waals surface area contributed by atoms with E-state index in [-0.39, 0.29) is 0 Å². The Morgan fingerprint density at radius 2 is 1.60 bits per heavy atom. The first-order valence-corrected chi connectivity index (χ1v) is 5.37. The first-order valence-electron chi connectivity index (χ1n) is 2.94. The van der Waals surface area contributed by atoms with Gasteiger partial charge in [0.1, 0.15) is 0 Å². The van der Waals surface area contributed by atoms with Crippen molar-refractivity contribution in [3.05, 3.63) is 0 Å². The van der Waals surface area contributed by atoms with Crippen LogP contribution in [0.5, 0.6) is 0 Å². The predicted octanol–water partition coefficient (Wildman–Crippen LogP) is 1.95. The zero-order chi connectivity index (χ0) is 6.08. The van der Waals surface area contributed by atoms with E-state index < -0.39 is 14.6 Å². The maximum Gasteiger partial charge on any atom is 0.0411 e. The van der Waals surface area contributed by atoms with Crippen LogP contribution in [0, 0.1) is 0 Å². The first kappa shape index (κ1) is 2.40. The zero-order valence-corrected chi connectivity index (χ0v) is 5.08. The molecule has 0 fully saturated rings. The lowest BCUT2D eigenvalue weighted by atomic mass is 11.8. The Hall–Kier alpha value is 0.217. The van der Waals surface area contributed by atoms with Crippen molar-refractivity contribution in [2.45, 2.75) is 26.1 Å². The molecule has 0 spiro atoms. The van der Waals surface area contributed by atoms with Gasteiger partial charge in [0.25, 0.3) is 0 Å². The van der Waals surface area contributed by atoms with Crippen LogP contribution in [0.1, 0.15) is 2.74 Å². The topological polar surface area (TPSA) is 0 Å². The highest BCUT2D eigenvalue weighted by Gasteiger charge is 1.99. The number of rotatable bonds is 0. The Balaban J connectivity index is 3.54. The van der Waals surface area contributed by atoms with Crippen molar-refractivity contribution >= 4 is 8.07 Å². The van der Waals surface area contributed by atoms with Gasteiger partial charge >= 0.3 is 0 Å². The molecule has 0 aromatic rings. The predicted molar refractivity (Wildman–Crippen MR) is 29.2 cm³/mol. The summed E-state index contributed by atoms with van der Waals surface area (Å²) in [6.07, 6.45) is 0. The normalized spacial score (nSPS) is 18.4. The van der Waals surface area contributed by atoms with Crippen molar-refractivity contribution in [2.75, 3.05) is 0 Å². The molecule has 0 atom stereocenters. The molecule has 0 aliphatic rings. The summed E-state index contributed by atoms with van der Waals surface area (Å²) in [4.78, 5) is 0. The fourth-order valence-corrected chi connectivity index (χ4v) is 0. The fourth-order valence-electron chi connectivity index (χ4n) is 0. The molecule has 5 heavy (non-hydrogen) atoms. The molecular weight excluding hydrogens is 76.1 g/mol. The molecule has 0 aromatic carbocycles. The second kappa shape index (κ2) is 1.13. The molecule has 0 N–H and O–H groups in total. The van der Waals surface area contributed by atoms with Crippen LogP contribution in [0.15, 0.2) is 0 Å². The molecule has 0 heterocycles. The van der Waals surface area contributed by atoms with Crippen LogP contribution in [0.2, 0.25) is 26.1 Å². The standard InChI is InChI=1S/C4H12Si/c1-5(2,3)4/h1-4H3/i1D2. The molecule has 0 aliphatic carbocycles. The summed E-state index contributed by atoms with van der Waals surface area (Å²) in [5.74, 6) is 0. The van der Waals surface area contributed by atoms with Crippen molar-refractivity contribution < 1.29 is 2.74 Å². The van der Waals surface area contributed by atoms with Crippen molar-refractivity contribution in [1.82, 2.24) is 0 Å². The fraction of sp³-hybridized carbons (Fsp3) is 1.00. The summed E-state index contributed by atoms with van der Waals surface area (Å²) in [5.41, 5.74) is 0. The molecule has 1 heteroatoms. The smallest absolute Gasteiger partial charge is 0.0411 e. The highest BCUT2D eigenvalue weighted by molar-refractivity contribution is 6.74. The molecule has 32 valence electrons. The molecule has 0 aromatic heterocycles. The molecule has 0 amide bonds. The Morgan fingerprint density at radius 3 is 1.60 bits per heavy atom. The van der Waals surface area contributed by atoms with E-state index in [0.29, 0.717) is 0 Å². The molecule has 0 rings (SSSR count). The lowest BCUT2D eigenvalue weighted by Gasteiger charge is -2.01. The van der Waals surface area contributed by atoms with E-state index in [4.69, 9.17) is 2.74 Å². The van der Waals surface area contributed by atoms with Crippen LogP contribution in [0.3, 0.4) is 0 Å². The Morgan fingerprint density at radius 1 is 1.40 bits per heavy atom. The van der Waals surface area contributed by atoms with Crippen LogP contribution in [0.4, 0.5) is 0 Å². The van der Waals surface area contributed by atoms with Gasteiger partial charge in [0.05, 0.1) is 0 Å². The summed E-state index contributed by atoms with van der Waals surface area (Å²) in [5, 5.41) is 0. The second-order valence-corrected chi connectivity index (χ2v) is 7.10. The maximum atomic E-state index is 6.96. The summed E-state index contributed by atoms with van der Waals surface area (Å²) in [6.45, 7) is 5.51. The molecule has 0 aliphatic heterocycles. The summed E-state index contributed by atoms with van der Waals surface area (Å²) in [6, 6.07) is 0. The van der Waals surface area contributed by atoms with Gasteiger partial charge in [-0.05, 0) is 0 Å². The molecule has 0 nitrogen and oxygen atoms in total. The third-order valence-electron chi connectivity index (χ3n) is 0. The monoisotopic (exact) mass is 90.1 g/mol. The van der Waals surface area contributed by atoms with Crippen LogP contribution in [0.25, 0.3) is 0 Å². The van der Waals surface area contributed by atoms with E-state index in [1.54, 1.807) is 0 Å². The van der Waals surface area contributed by atoms with Gasteiger partial charge in [-0.25, -0.2) is 0 Å². The molecule has 0 saturated heterocycles. The molecule has 0 radical (unpaired) electrons. The van der Waals surface area contributed by atoms with E-state index in [1.807, 2.05) is 19.6 Å². The summed E-state index contributed by atoms with van der Waals surface area (Å²) >= 11 is 0. The molecular formula is C4H12Si. The average Bonchev–Trinajstić information content (AvgIpc) is 1.31. The van der Waals surface area contributed by atoms with Crippen LogP contribution >= 0.6 is 0 Å². The van der Waals surface area contributed by atoms with E-state index in [9.17, 15) is 0 Å². The van der Waals surface area contributed by atoms with Gasteiger partial charge in [-0.1, -0.05) is 26.1 Å². The van der Waals surface area contributed by atoms with E-state index >= 15 is 0 Å².